The number of rotatable bonds is 5. The van der Waals surface area contributed by atoms with Gasteiger partial charge in [0.25, 0.3) is 0 Å². The molecule has 0 unspecified atom stereocenters. The lowest BCUT2D eigenvalue weighted by atomic mass is 9.84. The Morgan fingerprint density at radius 3 is 2.59 bits per heavy atom. The molecular weight excluding hydrogens is 411 g/mol. The largest absolute Gasteiger partial charge is 0.444 e. The zero-order valence-corrected chi connectivity index (χ0v) is 19.4. The quantitative estimate of drug-likeness (QED) is 0.726. The minimum absolute atomic E-state index is 0.228. The van der Waals surface area contributed by atoms with Gasteiger partial charge < -0.3 is 19.5 Å². The highest BCUT2D eigenvalue weighted by atomic mass is 19.1. The van der Waals surface area contributed by atoms with Gasteiger partial charge in [-0.1, -0.05) is 5.16 Å². The van der Waals surface area contributed by atoms with Crippen LogP contribution in [0.1, 0.15) is 52.9 Å². The molecule has 0 bridgehead atoms. The average Bonchev–Trinajstić information content (AvgIpc) is 3.15. The third-order valence-electron chi connectivity index (χ3n) is 6.51. The Hall–Kier alpha value is -2.35. The minimum Gasteiger partial charge on any atom is -0.444 e. The molecule has 2 fully saturated rings. The van der Waals surface area contributed by atoms with E-state index in [-0.39, 0.29) is 18.0 Å². The zero-order chi connectivity index (χ0) is 22.7. The summed E-state index contributed by atoms with van der Waals surface area (Å²) in [6, 6.07) is 4.76. The van der Waals surface area contributed by atoms with Gasteiger partial charge in [0.05, 0.1) is 5.39 Å². The average molecular weight is 447 g/mol. The highest BCUT2D eigenvalue weighted by Gasteiger charge is 2.26. The van der Waals surface area contributed by atoms with Gasteiger partial charge in [-0.15, -0.1) is 0 Å². The van der Waals surface area contributed by atoms with Crippen molar-refractivity contribution >= 4 is 22.9 Å². The van der Waals surface area contributed by atoms with E-state index in [9.17, 15) is 9.18 Å². The van der Waals surface area contributed by atoms with E-state index in [1.165, 1.54) is 18.6 Å². The fourth-order valence-corrected chi connectivity index (χ4v) is 4.74. The number of alkyl carbamates (subject to hydrolysis) is 1. The number of ether oxygens (including phenoxy) is 1. The number of aromatic nitrogens is 1. The van der Waals surface area contributed by atoms with E-state index in [4.69, 9.17) is 9.26 Å². The summed E-state index contributed by atoms with van der Waals surface area (Å²) in [5.41, 5.74) is 0.169. The Morgan fingerprint density at radius 2 is 1.91 bits per heavy atom. The number of benzene rings is 1. The van der Waals surface area contributed by atoms with Crippen molar-refractivity contribution in [2.24, 2.45) is 5.92 Å². The second-order valence-electron chi connectivity index (χ2n) is 10.1. The number of halogens is 1. The van der Waals surface area contributed by atoms with E-state index < -0.39 is 5.60 Å². The Morgan fingerprint density at radius 1 is 1.19 bits per heavy atom. The Kier molecular flexibility index (Phi) is 6.88. The number of piperazine rings is 1. The number of hydrogen-bond donors (Lipinski definition) is 1. The molecule has 2 aliphatic rings. The predicted molar refractivity (Wildman–Crippen MR) is 122 cm³/mol. The lowest BCUT2D eigenvalue weighted by Crippen LogP contribution is -2.47. The van der Waals surface area contributed by atoms with Crippen LogP contribution >= 0.6 is 0 Å². The molecule has 32 heavy (non-hydrogen) atoms. The van der Waals surface area contributed by atoms with Crippen LogP contribution in [0.15, 0.2) is 22.7 Å². The van der Waals surface area contributed by atoms with Crippen molar-refractivity contribution in [2.45, 2.75) is 64.5 Å². The number of carbonyl (C=O) groups excluding carboxylic acids is 1. The van der Waals surface area contributed by atoms with Crippen LogP contribution in [0.5, 0.6) is 0 Å². The molecule has 8 heteroatoms. The topological polar surface area (TPSA) is 70.8 Å². The maximum absolute atomic E-state index is 13.6. The summed E-state index contributed by atoms with van der Waals surface area (Å²) in [7, 11) is 0. The molecule has 7 nitrogen and oxygen atoms in total. The molecule has 1 aromatic heterocycles. The fourth-order valence-electron chi connectivity index (χ4n) is 4.74. The first kappa shape index (κ1) is 22.8. The molecule has 1 saturated heterocycles. The van der Waals surface area contributed by atoms with E-state index in [0.29, 0.717) is 11.5 Å². The van der Waals surface area contributed by atoms with Crippen molar-refractivity contribution in [1.29, 1.82) is 0 Å². The van der Waals surface area contributed by atoms with Crippen LogP contribution in [0.25, 0.3) is 11.0 Å². The molecule has 1 amide bonds. The van der Waals surface area contributed by atoms with Crippen LogP contribution in [0.3, 0.4) is 0 Å². The van der Waals surface area contributed by atoms with Gasteiger partial charge in [-0.3, -0.25) is 4.90 Å². The zero-order valence-electron chi connectivity index (χ0n) is 19.4. The number of anilines is 1. The highest BCUT2D eigenvalue weighted by Crippen LogP contribution is 2.29. The third kappa shape index (κ3) is 5.91. The van der Waals surface area contributed by atoms with Gasteiger partial charge in [-0.25, -0.2) is 9.18 Å². The van der Waals surface area contributed by atoms with Crippen molar-refractivity contribution in [3.05, 3.63) is 24.0 Å². The Labute approximate surface area is 189 Å². The molecule has 1 N–H and O–H groups in total. The SMILES string of the molecule is CC(C)(C)OC(=O)NC1CCC(CCN2CCN(c3noc4ccc(F)cc34)CC2)CC1. The summed E-state index contributed by atoms with van der Waals surface area (Å²) in [6.07, 6.45) is 5.23. The van der Waals surface area contributed by atoms with E-state index in [2.05, 4.69) is 20.3 Å². The Balaban J connectivity index is 1.17. The standard InChI is InChI=1S/C24H35FN4O3/c1-24(2,3)31-23(30)26-19-7-4-17(5-8-19)10-11-28-12-14-29(15-13-28)22-20-16-18(25)6-9-21(20)32-27-22/h6,9,16-17,19H,4-5,7-8,10-15H2,1-3H3,(H,26,30). The van der Waals surface area contributed by atoms with Crippen LogP contribution < -0.4 is 10.2 Å². The molecule has 2 aromatic rings. The molecule has 2 heterocycles. The van der Waals surface area contributed by atoms with Crippen LogP contribution in [-0.4, -0.2) is 60.5 Å². The van der Waals surface area contributed by atoms with E-state index in [0.717, 1.165) is 69.6 Å². The first-order valence-electron chi connectivity index (χ1n) is 11.8. The molecule has 0 spiro atoms. The van der Waals surface area contributed by atoms with E-state index in [1.54, 1.807) is 6.07 Å². The number of hydrogen-bond acceptors (Lipinski definition) is 6. The van der Waals surface area contributed by atoms with Crippen LogP contribution in [0.4, 0.5) is 15.0 Å². The fraction of sp³-hybridized carbons (Fsp3) is 0.667. The predicted octanol–water partition coefficient (Wildman–Crippen LogP) is 4.56. The summed E-state index contributed by atoms with van der Waals surface area (Å²) in [5, 5.41) is 7.95. The highest BCUT2D eigenvalue weighted by molar-refractivity contribution is 5.88. The van der Waals surface area contributed by atoms with Crippen molar-refractivity contribution in [2.75, 3.05) is 37.6 Å². The monoisotopic (exact) mass is 446 g/mol. The number of carbonyl (C=O) groups is 1. The maximum atomic E-state index is 13.6. The molecule has 176 valence electrons. The summed E-state index contributed by atoms with van der Waals surface area (Å²) >= 11 is 0. The molecule has 1 saturated carbocycles. The lowest BCUT2D eigenvalue weighted by Gasteiger charge is -2.36. The smallest absolute Gasteiger partial charge is 0.407 e. The molecule has 1 aliphatic carbocycles. The molecule has 0 radical (unpaired) electrons. The minimum atomic E-state index is -0.456. The summed E-state index contributed by atoms with van der Waals surface area (Å²) in [5.74, 6) is 1.19. The van der Waals surface area contributed by atoms with Gasteiger partial charge in [0, 0.05) is 32.2 Å². The first-order valence-corrected chi connectivity index (χ1v) is 11.8. The molecule has 1 aliphatic heterocycles. The first-order chi connectivity index (χ1) is 15.3. The molecule has 4 rings (SSSR count). The molecular formula is C24H35FN4O3. The molecule has 1 aromatic carbocycles. The van der Waals surface area contributed by atoms with Gasteiger partial charge in [0.2, 0.25) is 0 Å². The number of nitrogens with zero attached hydrogens (tertiary/aromatic N) is 3. The number of amides is 1. The van der Waals surface area contributed by atoms with Crippen LogP contribution in [0, 0.1) is 11.7 Å². The van der Waals surface area contributed by atoms with Gasteiger partial charge in [0.1, 0.15) is 11.4 Å². The summed E-state index contributed by atoms with van der Waals surface area (Å²) in [4.78, 5) is 16.7. The number of fused-ring (bicyclic) bond motifs is 1. The van der Waals surface area contributed by atoms with E-state index in [1.807, 2.05) is 20.8 Å². The van der Waals surface area contributed by atoms with Crippen molar-refractivity contribution < 1.29 is 18.4 Å². The van der Waals surface area contributed by atoms with Gasteiger partial charge >= 0.3 is 6.09 Å². The van der Waals surface area contributed by atoms with Gasteiger partial charge in [0.15, 0.2) is 11.4 Å². The molecule has 0 atom stereocenters. The normalized spacial score (nSPS) is 22.8. The van der Waals surface area contributed by atoms with Crippen molar-refractivity contribution in [3.63, 3.8) is 0 Å². The van der Waals surface area contributed by atoms with Gasteiger partial charge in [-0.2, -0.15) is 0 Å². The van der Waals surface area contributed by atoms with Crippen LogP contribution in [-0.2, 0) is 4.74 Å². The van der Waals surface area contributed by atoms with Crippen LogP contribution in [0.2, 0.25) is 0 Å². The van der Waals surface area contributed by atoms with Gasteiger partial charge in [-0.05, 0) is 83.5 Å². The lowest BCUT2D eigenvalue weighted by molar-refractivity contribution is 0.0486. The summed E-state index contributed by atoms with van der Waals surface area (Å²) < 4.78 is 24.4. The maximum Gasteiger partial charge on any atom is 0.407 e. The van der Waals surface area contributed by atoms with E-state index >= 15 is 0 Å². The second-order valence-corrected chi connectivity index (χ2v) is 10.1. The summed E-state index contributed by atoms with van der Waals surface area (Å²) in [6.45, 7) is 10.4. The third-order valence-corrected chi connectivity index (χ3v) is 6.51. The Bertz CT molecular complexity index is 910. The second kappa shape index (κ2) is 9.65. The van der Waals surface area contributed by atoms with Crippen molar-refractivity contribution in [3.8, 4) is 0 Å². The number of nitrogens with one attached hydrogen (secondary N) is 1. The van der Waals surface area contributed by atoms with Crippen molar-refractivity contribution in [1.82, 2.24) is 15.4 Å².